The number of carbonyl (C=O) groups excluding carboxylic acids is 1. The summed E-state index contributed by atoms with van der Waals surface area (Å²) >= 11 is 0. The summed E-state index contributed by atoms with van der Waals surface area (Å²) in [6.07, 6.45) is 1.49. The van der Waals surface area contributed by atoms with E-state index in [0.29, 0.717) is 6.61 Å². The number of pyridine rings is 1. The second kappa shape index (κ2) is 4.57. The fraction of sp³-hybridized carbons (Fsp3) is 0.333. The first kappa shape index (κ1) is 9.67. The smallest absolute Gasteiger partial charge is 0.211 e. The van der Waals surface area contributed by atoms with Gasteiger partial charge in [-0.3, -0.25) is 4.79 Å². The van der Waals surface area contributed by atoms with Crippen LogP contribution in [0, 0.1) is 0 Å². The lowest BCUT2D eigenvalue weighted by atomic mass is 10.3. The summed E-state index contributed by atoms with van der Waals surface area (Å²) in [4.78, 5) is 14.1. The molecule has 1 aromatic rings. The molecule has 0 aliphatic carbocycles. The lowest BCUT2D eigenvalue weighted by Gasteiger charge is -2.01. The summed E-state index contributed by atoms with van der Waals surface area (Å²) in [7, 11) is 0. The van der Waals surface area contributed by atoms with Gasteiger partial charge in [0.05, 0.1) is 6.61 Å². The Hall–Kier alpha value is -1.42. The quantitative estimate of drug-likeness (QED) is 0.749. The summed E-state index contributed by atoms with van der Waals surface area (Å²) in [5.41, 5.74) is 0.800. The molecule has 4 heteroatoms. The molecule has 0 unspecified atom stereocenters. The number of rotatable bonds is 4. The molecule has 0 radical (unpaired) electrons. The molecular weight excluding hydrogens is 170 g/mol. The second-order valence-electron chi connectivity index (χ2n) is 2.72. The summed E-state index contributed by atoms with van der Waals surface area (Å²) in [6, 6.07) is 3.22. The molecule has 0 fully saturated rings. The topological polar surface area (TPSA) is 59.4 Å². The van der Waals surface area contributed by atoms with Crippen molar-refractivity contribution >= 4 is 5.78 Å². The Balaban J connectivity index is 2.41. The summed E-state index contributed by atoms with van der Waals surface area (Å²) in [6.45, 7) is 1.88. The van der Waals surface area contributed by atoms with Gasteiger partial charge >= 0.3 is 0 Å². The lowest BCUT2D eigenvalue weighted by Crippen LogP contribution is -2.03. The van der Waals surface area contributed by atoms with Gasteiger partial charge in [0.15, 0.2) is 5.78 Å². The van der Waals surface area contributed by atoms with E-state index in [0.717, 1.165) is 5.56 Å². The molecule has 0 aliphatic rings. The Bertz CT molecular complexity index is 299. The summed E-state index contributed by atoms with van der Waals surface area (Å²) < 4.78 is 5.05. The van der Waals surface area contributed by atoms with E-state index < -0.39 is 0 Å². The number of aromatic hydroxyl groups is 1. The first-order chi connectivity index (χ1) is 6.18. The maximum absolute atomic E-state index is 10.5. The van der Waals surface area contributed by atoms with Crippen LogP contribution in [0.2, 0.25) is 0 Å². The van der Waals surface area contributed by atoms with Crippen LogP contribution in [0.15, 0.2) is 18.3 Å². The Morgan fingerprint density at radius 2 is 2.46 bits per heavy atom. The van der Waals surface area contributed by atoms with Gasteiger partial charge in [-0.15, -0.1) is 0 Å². The maximum atomic E-state index is 10.5. The van der Waals surface area contributed by atoms with E-state index in [2.05, 4.69) is 4.98 Å². The van der Waals surface area contributed by atoms with Crippen LogP contribution >= 0.6 is 0 Å². The van der Waals surface area contributed by atoms with E-state index >= 15 is 0 Å². The van der Waals surface area contributed by atoms with Crippen molar-refractivity contribution < 1.29 is 14.6 Å². The Labute approximate surface area is 76.2 Å². The molecule has 1 aromatic heterocycles. The molecule has 0 amide bonds. The third kappa shape index (κ3) is 3.66. The fourth-order valence-corrected chi connectivity index (χ4v) is 0.863. The SMILES string of the molecule is CC(=O)COCc1ccnc(O)c1. The highest BCUT2D eigenvalue weighted by atomic mass is 16.5. The second-order valence-corrected chi connectivity index (χ2v) is 2.72. The zero-order valence-corrected chi connectivity index (χ0v) is 7.36. The van der Waals surface area contributed by atoms with E-state index in [9.17, 15) is 4.79 Å². The van der Waals surface area contributed by atoms with Gasteiger partial charge in [0, 0.05) is 12.3 Å². The normalized spacial score (nSPS) is 9.92. The average Bonchev–Trinajstić information content (AvgIpc) is 2.03. The number of aromatic nitrogens is 1. The molecule has 0 bridgehead atoms. The highest BCUT2D eigenvalue weighted by Crippen LogP contribution is 2.07. The van der Waals surface area contributed by atoms with Gasteiger partial charge in [0.1, 0.15) is 6.61 Å². The van der Waals surface area contributed by atoms with Crippen molar-refractivity contribution in [3.05, 3.63) is 23.9 Å². The first-order valence-corrected chi connectivity index (χ1v) is 3.89. The van der Waals surface area contributed by atoms with Crippen molar-refractivity contribution in [2.24, 2.45) is 0 Å². The minimum absolute atomic E-state index is 0.0155. The van der Waals surface area contributed by atoms with Gasteiger partial charge in [-0.05, 0) is 18.6 Å². The van der Waals surface area contributed by atoms with Crippen molar-refractivity contribution in [2.45, 2.75) is 13.5 Å². The standard InChI is InChI=1S/C9H11NO3/c1-7(11)5-13-6-8-2-3-10-9(12)4-8/h2-4H,5-6H2,1H3,(H,10,12). The Morgan fingerprint density at radius 1 is 1.69 bits per heavy atom. The zero-order chi connectivity index (χ0) is 9.68. The monoisotopic (exact) mass is 181 g/mol. The van der Waals surface area contributed by atoms with Gasteiger partial charge in [-0.25, -0.2) is 4.98 Å². The number of carbonyl (C=O) groups is 1. The number of hydrogen-bond acceptors (Lipinski definition) is 4. The molecule has 13 heavy (non-hydrogen) atoms. The molecule has 0 aliphatic heterocycles. The molecule has 0 atom stereocenters. The first-order valence-electron chi connectivity index (χ1n) is 3.89. The van der Waals surface area contributed by atoms with Crippen molar-refractivity contribution in [1.82, 2.24) is 4.98 Å². The molecule has 0 saturated carbocycles. The minimum atomic E-state index is -0.0380. The number of nitrogens with zero attached hydrogens (tertiary/aromatic N) is 1. The number of ether oxygens (including phenoxy) is 1. The molecule has 4 nitrogen and oxygen atoms in total. The number of ketones is 1. The molecule has 0 spiro atoms. The number of Topliss-reactive ketones (excluding diaryl/α,β-unsaturated/α-hetero) is 1. The van der Waals surface area contributed by atoms with E-state index in [-0.39, 0.29) is 18.3 Å². The van der Waals surface area contributed by atoms with Crippen LogP contribution in [-0.4, -0.2) is 22.5 Å². The number of hydrogen-bond donors (Lipinski definition) is 1. The third-order valence-corrected chi connectivity index (χ3v) is 1.38. The molecular formula is C9H11NO3. The van der Waals surface area contributed by atoms with Gasteiger partial charge in [-0.2, -0.15) is 0 Å². The van der Waals surface area contributed by atoms with Crippen molar-refractivity contribution in [2.75, 3.05) is 6.61 Å². The van der Waals surface area contributed by atoms with Gasteiger partial charge in [-0.1, -0.05) is 0 Å². The van der Waals surface area contributed by atoms with Crippen LogP contribution in [0.1, 0.15) is 12.5 Å². The third-order valence-electron chi connectivity index (χ3n) is 1.38. The van der Waals surface area contributed by atoms with Crippen molar-refractivity contribution in [1.29, 1.82) is 0 Å². The van der Waals surface area contributed by atoms with Crippen LogP contribution in [0.5, 0.6) is 5.88 Å². The molecule has 70 valence electrons. The molecule has 1 heterocycles. The Morgan fingerprint density at radius 3 is 3.08 bits per heavy atom. The predicted molar refractivity (Wildman–Crippen MR) is 46.2 cm³/mol. The lowest BCUT2D eigenvalue weighted by molar-refractivity contribution is -0.121. The van der Waals surface area contributed by atoms with Gasteiger partial charge < -0.3 is 9.84 Å². The average molecular weight is 181 g/mol. The minimum Gasteiger partial charge on any atom is -0.493 e. The van der Waals surface area contributed by atoms with Crippen LogP contribution in [-0.2, 0) is 16.1 Å². The Kier molecular flexibility index (Phi) is 3.40. The maximum Gasteiger partial charge on any atom is 0.211 e. The summed E-state index contributed by atoms with van der Waals surface area (Å²) in [5, 5.41) is 8.99. The van der Waals surface area contributed by atoms with Crippen LogP contribution < -0.4 is 0 Å². The molecule has 1 rings (SSSR count). The molecule has 0 aromatic carbocycles. The molecule has 0 saturated heterocycles. The summed E-state index contributed by atoms with van der Waals surface area (Å²) in [5.74, 6) is -0.0535. The molecule has 1 N–H and O–H groups in total. The van der Waals surface area contributed by atoms with E-state index in [1.165, 1.54) is 19.2 Å². The highest BCUT2D eigenvalue weighted by Gasteiger charge is 1.97. The van der Waals surface area contributed by atoms with E-state index in [1.807, 2.05) is 0 Å². The van der Waals surface area contributed by atoms with Crippen molar-refractivity contribution in [3.8, 4) is 5.88 Å². The van der Waals surface area contributed by atoms with E-state index in [4.69, 9.17) is 9.84 Å². The zero-order valence-electron chi connectivity index (χ0n) is 7.36. The highest BCUT2D eigenvalue weighted by molar-refractivity contribution is 5.76. The van der Waals surface area contributed by atoms with Gasteiger partial charge in [0.2, 0.25) is 5.88 Å². The van der Waals surface area contributed by atoms with E-state index in [1.54, 1.807) is 6.07 Å². The van der Waals surface area contributed by atoms with Crippen LogP contribution in [0.3, 0.4) is 0 Å². The van der Waals surface area contributed by atoms with Crippen LogP contribution in [0.25, 0.3) is 0 Å². The predicted octanol–water partition coefficient (Wildman–Crippen LogP) is 0.893. The van der Waals surface area contributed by atoms with Gasteiger partial charge in [0.25, 0.3) is 0 Å². The van der Waals surface area contributed by atoms with Crippen molar-refractivity contribution in [3.63, 3.8) is 0 Å². The van der Waals surface area contributed by atoms with Crippen LogP contribution in [0.4, 0.5) is 0 Å². The fourth-order valence-electron chi connectivity index (χ4n) is 0.863. The largest absolute Gasteiger partial charge is 0.493 e.